The van der Waals surface area contributed by atoms with Crippen LogP contribution in [0.25, 0.3) is 0 Å². The van der Waals surface area contributed by atoms with Gasteiger partial charge >= 0.3 is 0 Å². The highest BCUT2D eigenvalue weighted by Gasteiger charge is 2.22. The zero-order valence-electron chi connectivity index (χ0n) is 10.3. The molecule has 1 N–H and O–H groups in total. The molecule has 1 heterocycles. The van der Waals surface area contributed by atoms with Crippen LogP contribution >= 0.6 is 59.1 Å². The molecule has 0 saturated carbocycles. The molecule has 0 aliphatic carbocycles. The molecule has 1 nitrogen and oxygen atoms in total. The monoisotopic (exact) mass is 487 g/mol. The van der Waals surface area contributed by atoms with Crippen LogP contribution in [-0.4, -0.2) is 6.54 Å². The molecule has 2 aromatic rings. The second-order valence-corrected chi connectivity index (χ2v) is 8.16. The molecule has 1 atom stereocenters. The number of nitrogens with one attached hydrogen (secondary N) is 1. The quantitative estimate of drug-likeness (QED) is 0.518. The van der Waals surface area contributed by atoms with E-state index in [9.17, 15) is 8.78 Å². The maximum atomic E-state index is 14.1. The van der Waals surface area contributed by atoms with E-state index in [1.165, 1.54) is 17.4 Å². The van der Waals surface area contributed by atoms with Crippen LogP contribution in [0, 0.1) is 11.6 Å². The third-order valence-electron chi connectivity index (χ3n) is 2.71. The van der Waals surface area contributed by atoms with Crippen molar-refractivity contribution in [3.8, 4) is 0 Å². The minimum atomic E-state index is -0.473. The highest BCUT2D eigenvalue weighted by Crippen LogP contribution is 2.38. The van der Waals surface area contributed by atoms with Gasteiger partial charge in [-0.05, 0) is 72.5 Å². The van der Waals surface area contributed by atoms with Gasteiger partial charge in [-0.2, -0.15) is 0 Å². The highest BCUT2D eigenvalue weighted by molar-refractivity contribution is 9.13. The average Bonchev–Trinajstić information content (AvgIpc) is 2.71. The summed E-state index contributed by atoms with van der Waals surface area (Å²) in [6, 6.07) is 3.91. The third-order valence-corrected chi connectivity index (χ3v) is 6.64. The van der Waals surface area contributed by atoms with Gasteiger partial charge in [0.25, 0.3) is 0 Å². The fraction of sp³-hybridized carbons (Fsp3) is 0.231. The van der Waals surface area contributed by atoms with Crippen LogP contribution in [0.4, 0.5) is 8.78 Å². The lowest BCUT2D eigenvalue weighted by atomic mass is 10.0. The van der Waals surface area contributed by atoms with Gasteiger partial charge in [0, 0.05) is 14.9 Å². The molecule has 2 rings (SSSR count). The van der Waals surface area contributed by atoms with E-state index in [4.69, 9.17) is 0 Å². The summed E-state index contributed by atoms with van der Waals surface area (Å²) in [5, 5.41) is 3.19. The average molecular weight is 490 g/mol. The molecule has 0 amide bonds. The van der Waals surface area contributed by atoms with Crippen molar-refractivity contribution in [1.82, 2.24) is 5.32 Å². The molecule has 0 fully saturated rings. The zero-order valence-corrected chi connectivity index (χ0v) is 15.9. The van der Waals surface area contributed by atoms with Gasteiger partial charge in [-0.1, -0.05) is 6.92 Å². The second kappa shape index (κ2) is 6.96. The fourth-order valence-corrected chi connectivity index (χ4v) is 4.33. The molecular weight excluding hydrogens is 480 g/mol. The van der Waals surface area contributed by atoms with Crippen LogP contribution in [0.2, 0.25) is 0 Å². The van der Waals surface area contributed by atoms with Crippen molar-refractivity contribution in [1.29, 1.82) is 0 Å². The molecular formula is C13H10Br3F2NS. The van der Waals surface area contributed by atoms with Crippen molar-refractivity contribution in [3.05, 3.63) is 53.0 Å². The van der Waals surface area contributed by atoms with Crippen molar-refractivity contribution in [2.24, 2.45) is 0 Å². The molecule has 0 bridgehead atoms. The van der Waals surface area contributed by atoms with Gasteiger partial charge < -0.3 is 5.32 Å². The predicted octanol–water partition coefficient (Wildman–Crippen LogP) is 6.01. The van der Waals surface area contributed by atoms with Gasteiger partial charge in [0.05, 0.1) is 14.3 Å². The number of hydrogen-bond acceptors (Lipinski definition) is 2. The maximum absolute atomic E-state index is 14.1. The van der Waals surface area contributed by atoms with Crippen LogP contribution < -0.4 is 5.32 Å². The molecule has 7 heteroatoms. The summed E-state index contributed by atoms with van der Waals surface area (Å²) < 4.78 is 29.8. The normalized spacial score (nSPS) is 12.7. The lowest BCUT2D eigenvalue weighted by molar-refractivity contribution is 0.545. The molecule has 1 aromatic carbocycles. The van der Waals surface area contributed by atoms with Gasteiger partial charge in [0.1, 0.15) is 11.6 Å². The van der Waals surface area contributed by atoms with Crippen molar-refractivity contribution < 1.29 is 8.78 Å². The summed E-state index contributed by atoms with van der Waals surface area (Å²) in [7, 11) is 0. The maximum Gasteiger partial charge on any atom is 0.137 e. The van der Waals surface area contributed by atoms with Crippen molar-refractivity contribution >= 4 is 59.1 Å². The molecule has 0 aliphatic rings. The van der Waals surface area contributed by atoms with E-state index < -0.39 is 11.6 Å². The van der Waals surface area contributed by atoms with E-state index in [2.05, 4.69) is 53.1 Å². The van der Waals surface area contributed by atoms with E-state index in [0.29, 0.717) is 12.1 Å². The van der Waals surface area contributed by atoms with Gasteiger partial charge in [-0.25, -0.2) is 8.78 Å². The highest BCUT2D eigenvalue weighted by atomic mass is 79.9. The lowest BCUT2D eigenvalue weighted by Gasteiger charge is -2.18. The Balaban J connectivity index is 2.50. The SMILES string of the molecule is CCNC(c1cc(Br)c(Br)s1)c1cc(F)c(Br)cc1F. The van der Waals surface area contributed by atoms with E-state index >= 15 is 0 Å². The second-order valence-electron chi connectivity index (χ2n) is 4.05. The first kappa shape index (κ1) is 16.5. The molecule has 0 spiro atoms. The molecule has 108 valence electrons. The minimum absolute atomic E-state index is 0.127. The Hall–Kier alpha value is 0.180. The van der Waals surface area contributed by atoms with Crippen LogP contribution in [0.1, 0.15) is 23.4 Å². The topological polar surface area (TPSA) is 12.0 Å². The summed E-state index contributed by atoms with van der Waals surface area (Å²) in [5.74, 6) is -0.913. The summed E-state index contributed by atoms with van der Waals surface area (Å²) >= 11 is 11.3. The Morgan fingerprint density at radius 3 is 2.35 bits per heavy atom. The number of halogens is 5. The van der Waals surface area contributed by atoms with E-state index in [1.54, 1.807) is 0 Å². The molecule has 0 saturated heterocycles. The summed E-state index contributed by atoms with van der Waals surface area (Å²) in [6.45, 7) is 2.58. The summed E-state index contributed by atoms with van der Waals surface area (Å²) in [4.78, 5) is 0.909. The summed E-state index contributed by atoms with van der Waals surface area (Å²) in [6.07, 6.45) is 0. The zero-order chi connectivity index (χ0) is 14.9. The lowest BCUT2D eigenvalue weighted by Crippen LogP contribution is -2.22. The molecule has 1 unspecified atom stereocenters. The number of hydrogen-bond donors (Lipinski definition) is 1. The third kappa shape index (κ3) is 3.50. The Morgan fingerprint density at radius 1 is 1.10 bits per heavy atom. The Labute approximate surface area is 145 Å². The van der Waals surface area contributed by atoms with E-state index in [1.807, 2.05) is 13.0 Å². The van der Waals surface area contributed by atoms with Crippen molar-refractivity contribution in [3.63, 3.8) is 0 Å². The van der Waals surface area contributed by atoms with Gasteiger partial charge in [0.2, 0.25) is 0 Å². The predicted molar refractivity (Wildman–Crippen MR) is 89.3 cm³/mol. The molecule has 0 radical (unpaired) electrons. The van der Waals surface area contributed by atoms with Gasteiger partial charge in [0.15, 0.2) is 0 Å². The first-order chi connectivity index (χ1) is 9.43. The number of benzene rings is 1. The molecule has 1 aromatic heterocycles. The fourth-order valence-electron chi connectivity index (χ4n) is 1.83. The number of rotatable bonds is 4. The Morgan fingerprint density at radius 2 is 1.80 bits per heavy atom. The standard InChI is InChI=1S/C13H10Br3F2NS/c1-2-19-12(11-5-8(15)13(16)20-11)6-3-10(18)7(14)4-9(6)17/h3-5,12,19H,2H2,1H3. The largest absolute Gasteiger partial charge is 0.306 e. The van der Waals surface area contributed by atoms with Crippen LogP contribution in [0.15, 0.2) is 30.9 Å². The van der Waals surface area contributed by atoms with Crippen molar-refractivity contribution in [2.75, 3.05) is 6.54 Å². The minimum Gasteiger partial charge on any atom is -0.306 e. The number of thiophene rings is 1. The smallest absolute Gasteiger partial charge is 0.137 e. The van der Waals surface area contributed by atoms with Crippen LogP contribution in [0.5, 0.6) is 0 Å². The Kier molecular flexibility index (Phi) is 5.76. The van der Waals surface area contributed by atoms with E-state index in [-0.39, 0.29) is 10.5 Å². The molecule has 20 heavy (non-hydrogen) atoms. The summed E-state index contributed by atoms with van der Waals surface area (Å²) in [5.41, 5.74) is 0.300. The molecule has 0 aliphatic heterocycles. The van der Waals surface area contributed by atoms with E-state index in [0.717, 1.165) is 19.2 Å². The van der Waals surface area contributed by atoms with Gasteiger partial charge in [-0.3, -0.25) is 0 Å². The Bertz CT molecular complexity index is 611. The van der Waals surface area contributed by atoms with Crippen LogP contribution in [0.3, 0.4) is 0 Å². The van der Waals surface area contributed by atoms with Crippen molar-refractivity contribution in [2.45, 2.75) is 13.0 Å². The van der Waals surface area contributed by atoms with Gasteiger partial charge in [-0.15, -0.1) is 11.3 Å². The van der Waals surface area contributed by atoms with Crippen LogP contribution in [-0.2, 0) is 0 Å². The first-order valence-corrected chi connectivity index (χ1v) is 8.96. The first-order valence-electron chi connectivity index (χ1n) is 5.76.